The van der Waals surface area contributed by atoms with Crippen molar-refractivity contribution in [3.63, 3.8) is 0 Å². The molecule has 0 saturated carbocycles. The molecule has 22 heavy (non-hydrogen) atoms. The largest absolute Gasteiger partial charge is 0.435 e. The summed E-state index contributed by atoms with van der Waals surface area (Å²) in [6, 6.07) is 7.97. The van der Waals surface area contributed by atoms with Gasteiger partial charge in [-0.25, -0.2) is 4.40 Å². The minimum absolute atomic E-state index is 0.559. The van der Waals surface area contributed by atoms with Gasteiger partial charge in [-0.15, -0.1) is 0 Å². The van der Waals surface area contributed by atoms with Crippen LogP contribution in [0, 0.1) is 6.92 Å². The summed E-state index contributed by atoms with van der Waals surface area (Å²) in [5, 5.41) is 0. The Morgan fingerprint density at radius 1 is 1.27 bits per heavy atom. The van der Waals surface area contributed by atoms with Crippen LogP contribution >= 0.6 is 0 Å². The molecule has 0 saturated heterocycles. The number of allylic oxidation sites excluding steroid dienone is 1. The molecule has 0 radical (unpaired) electrons. The van der Waals surface area contributed by atoms with Gasteiger partial charge in [0.1, 0.15) is 5.69 Å². The van der Waals surface area contributed by atoms with Crippen molar-refractivity contribution in [1.82, 2.24) is 9.97 Å². The first-order valence-corrected chi connectivity index (χ1v) is 7.09. The van der Waals surface area contributed by atoms with Crippen molar-refractivity contribution in [3.05, 3.63) is 65.1 Å². The number of pyridine rings is 1. The quantitative estimate of drug-likeness (QED) is 0.619. The van der Waals surface area contributed by atoms with Gasteiger partial charge in [0.25, 0.3) is 0 Å². The summed E-state index contributed by atoms with van der Waals surface area (Å²) in [6.07, 6.45) is 9.66. The van der Waals surface area contributed by atoms with E-state index < -0.39 is 0 Å². The van der Waals surface area contributed by atoms with Crippen molar-refractivity contribution in [2.75, 3.05) is 11.9 Å². The van der Waals surface area contributed by atoms with Crippen molar-refractivity contribution in [2.45, 2.75) is 6.92 Å². The number of nitrogens with zero attached hydrogens (tertiary/aromatic N) is 4. The van der Waals surface area contributed by atoms with E-state index in [2.05, 4.69) is 16.9 Å². The van der Waals surface area contributed by atoms with Crippen molar-refractivity contribution in [3.8, 4) is 0 Å². The molecule has 1 aliphatic heterocycles. The highest BCUT2D eigenvalue weighted by Crippen LogP contribution is 2.05. The fourth-order valence-corrected chi connectivity index (χ4v) is 2.57. The van der Waals surface area contributed by atoms with E-state index in [9.17, 15) is 0 Å². The molecule has 0 bridgehead atoms. The van der Waals surface area contributed by atoms with Gasteiger partial charge >= 0.3 is 5.65 Å². The molecule has 5 nitrogen and oxygen atoms in total. The Kier molecular flexibility index (Phi) is 2.79. The number of hydrogen-bond acceptors (Lipinski definition) is 4. The summed E-state index contributed by atoms with van der Waals surface area (Å²) in [5.41, 5.74) is 4.17. The predicted molar refractivity (Wildman–Crippen MR) is 83.5 cm³/mol. The molecule has 0 spiro atoms. The number of aromatic nitrogens is 3. The summed E-state index contributed by atoms with van der Waals surface area (Å²) in [4.78, 5) is 11.1. The number of anilines is 1. The van der Waals surface area contributed by atoms with Gasteiger partial charge in [0.15, 0.2) is 16.9 Å². The molecule has 0 N–H and O–H groups in total. The molecule has 108 valence electrons. The topological polar surface area (TPSA) is 46.3 Å². The summed E-state index contributed by atoms with van der Waals surface area (Å²) < 4.78 is 7.82. The standard InChI is InChI=1S/C17H15N4O/c1-12-10-13(18-15-7-3-4-9-21(12)15)11-16-19-17-14(22-16)6-5-8-20(17)2/h3-11H,1-2H3/q+1. The van der Waals surface area contributed by atoms with Gasteiger partial charge in [-0.1, -0.05) is 6.07 Å². The van der Waals surface area contributed by atoms with Crippen molar-refractivity contribution in [1.29, 1.82) is 0 Å². The molecule has 4 rings (SSSR count). The minimum atomic E-state index is 0.559. The van der Waals surface area contributed by atoms with Crippen LogP contribution in [0.3, 0.4) is 0 Å². The number of fused-ring (bicyclic) bond motifs is 2. The molecule has 0 amide bonds. The summed E-state index contributed by atoms with van der Waals surface area (Å²) >= 11 is 0. The maximum atomic E-state index is 5.77. The zero-order chi connectivity index (χ0) is 15.1. The van der Waals surface area contributed by atoms with Gasteiger partial charge in [-0.3, -0.25) is 0 Å². The maximum Gasteiger partial charge on any atom is 0.328 e. The molecule has 0 aliphatic carbocycles. The first kappa shape index (κ1) is 12.8. The smallest absolute Gasteiger partial charge is 0.328 e. The van der Waals surface area contributed by atoms with Crippen LogP contribution in [0.4, 0.5) is 5.82 Å². The Morgan fingerprint density at radius 3 is 3.05 bits per heavy atom. The van der Waals surface area contributed by atoms with Gasteiger partial charge in [-0.2, -0.15) is 4.98 Å². The maximum absolute atomic E-state index is 5.77. The van der Waals surface area contributed by atoms with Crippen molar-refractivity contribution < 1.29 is 8.82 Å². The van der Waals surface area contributed by atoms with Gasteiger partial charge in [0, 0.05) is 25.4 Å². The second kappa shape index (κ2) is 4.80. The molecule has 3 aromatic heterocycles. The second-order valence-corrected chi connectivity index (χ2v) is 5.25. The Balaban J connectivity index is 1.87. The highest BCUT2D eigenvalue weighted by Gasteiger charge is 2.12. The highest BCUT2D eigenvalue weighted by atomic mass is 16.3. The van der Waals surface area contributed by atoms with Crippen LogP contribution in [-0.2, 0) is 0 Å². The van der Waals surface area contributed by atoms with E-state index in [1.807, 2.05) is 71.2 Å². The lowest BCUT2D eigenvalue weighted by molar-refractivity contribution is -0.522. The van der Waals surface area contributed by atoms with E-state index in [4.69, 9.17) is 4.42 Å². The lowest BCUT2D eigenvalue weighted by Crippen LogP contribution is -2.26. The molecule has 3 aromatic rings. The Hall–Kier alpha value is -2.95. The van der Waals surface area contributed by atoms with E-state index in [0.717, 1.165) is 28.3 Å². The van der Waals surface area contributed by atoms with Crippen LogP contribution < -0.4 is 20.3 Å². The van der Waals surface area contributed by atoms with E-state index in [-0.39, 0.29) is 0 Å². The predicted octanol–water partition coefficient (Wildman–Crippen LogP) is 0.690. The second-order valence-electron chi connectivity index (χ2n) is 5.25. The van der Waals surface area contributed by atoms with E-state index in [1.54, 1.807) is 0 Å². The number of hydrogen-bond donors (Lipinski definition) is 0. The highest BCUT2D eigenvalue weighted by molar-refractivity contribution is 5.54. The van der Waals surface area contributed by atoms with Gasteiger partial charge in [0.2, 0.25) is 5.55 Å². The monoisotopic (exact) mass is 291 g/mol. The van der Waals surface area contributed by atoms with Crippen molar-refractivity contribution in [2.24, 2.45) is 0 Å². The van der Waals surface area contributed by atoms with Gasteiger partial charge in [-0.05, 0) is 30.1 Å². The third-order valence-electron chi connectivity index (χ3n) is 3.63. The Morgan fingerprint density at radius 2 is 2.18 bits per heavy atom. The fraction of sp³-hybridized carbons (Fsp3) is 0.118. The molecular weight excluding hydrogens is 276 g/mol. The molecule has 0 aromatic carbocycles. The average molecular weight is 291 g/mol. The average Bonchev–Trinajstić information content (AvgIpc) is 2.91. The fourth-order valence-electron chi connectivity index (χ4n) is 2.57. The molecule has 0 fully saturated rings. The summed E-state index contributed by atoms with van der Waals surface area (Å²) in [6.45, 7) is 2.05. The molecule has 1 aliphatic rings. The third kappa shape index (κ3) is 2.07. The van der Waals surface area contributed by atoms with E-state index in [0.29, 0.717) is 5.55 Å². The van der Waals surface area contributed by atoms with Crippen LogP contribution in [0.15, 0.2) is 47.2 Å². The number of oxazole rings is 1. The first-order valence-electron chi connectivity index (χ1n) is 7.09. The summed E-state index contributed by atoms with van der Waals surface area (Å²) in [7, 11) is 1.95. The summed E-state index contributed by atoms with van der Waals surface area (Å²) in [5.74, 6) is 0.820. The minimum Gasteiger partial charge on any atom is -0.435 e. The van der Waals surface area contributed by atoms with Crippen LogP contribution in [0.5, 0.6) is 0 Å². The number of rotatable bonds is 1. The van der Waals surface area contributed by atoms with Crippen LogP contribution in [0.1, 0.15) is 11.4 Å². The third-order valence-corrected chi connectivity index (χ3v) is 3.63. The van der Waals surface area contributed by atoms with Crippen LogP contribution in [0.2, 0.25) is 0 Å². The molecule has 5 heteroatoms. The molecule has 0 atom stereocenters. The normalized spacial score (nSPS) is 14.3. The SMILES string of the molecule is Cc1cc(/C=c2/nc3c(o2)=CC=CN3C)nc2cccc[n+]12. The van der Waals surface area contributed by atoms with Crippen molar-refractivity contribution >= 4 is 23.6 Å². The molecule has 0 unspecified atom stereocenters. The molecular formula is C17H15N4O+. The zero-order valence-corrected chi connectivity index (χ0v) is 12.4. The Bertz CT molecular complexity index is 1020. The zero-order valence-electron chi connectivity index (χ0n) is 12.4. The van der Waals surface area contributed by atoms with E-state index >= 15 is 0 Å². The van der Waals surface area contributed by atoms with Gasteiger partial charge in [0.05, 0.1) is 12.3 Å². The van der Waals surface area contributed by atoms with Crippen LogP contribution in [-0.4, -0.2) is 17.0 Å². The van der Waals surface area contributed by atoms with E-state index in [1.165, 1.54) is 0 Å². The number of aryl methyl sites for hydroxylation is 1. The first-order chi connectivity index (χ1) is 10.7. The lowest BCUT2D eigenvalue weighted by Gasteiger charge is -2.10. The lowest BCUT2D eigenvalue weighted by atomic mass is 10.3. The Labute approximate surface area is 127 Å². The van der Waals surface area contributed by atoms with Crippen LogP contribution in [0.25, 0.3) is 17.8 Å². The van der Waals surface area contributed by atoms with Gasteiger partial charge < -0.3 is 9.32 Å². The molecule has 4 heterocycles.